The highest BCUT2D eigenvalue weighted by Gasteiger charge is 2.32. The van der Waals surface area contributed by atoms with Crippen LogP contribution in [0.25, 0.3) is 0 Å². The molecule has 12 heteroatoms. The lowest BCUT2D eigenvalue weighted by Crippen LogP contribution is -2.49. The first-order valence-corrected chi connectivity index (χ1v) is 12.2. The van der Waals surface area contributed by atoms with Crippen molar-refractivity contribution in [1.29, 1.82) is 0 Å². The molecule has 1 aliphatic heterocycles. The van der Waals surface area contributed by atoms with Gasteiger partial charge in [0.15, 0.2) is 6.10 Å². The first-order chi connectivity index (χ1) is 16.5. The van der Waals surface area contributed by atoms with Gasteiger partial charge in [-0.15, -0.1) is 0 Å². The van der Waals surface area contributed by atoms with E-state index in [4.69, 9.17) is 19.9 Å². The van der Waals surface area contributed by atoms with Crippen LogP contribution in [0.1, 0.15) is 65.7 Å². The molecule has 1 heterocycles. The maximum atomic E-state index is 13.2. The van der Waals surface area contributed by atoms with Gasteiger partial charge in [0, 0.05) is 19.3 Å². The zero-order valence-electron chi connectivity index (χ0n) is 20.9. The van der Waals surface area contributed by atoms with Crippen LogP contribution in [0.4, 0.5) is 9.59 Å². The molecule has 0 unspecified atom stereocenters. The van der Waals surface area contributed by atoms with Crippen LogP contribution < -0.4 is 16.5 Å². The van der Waals surface area contributed by atoms with Crippen LogP contribution in [0, 0.1) is 5.92 Å². The Hall–Kier alpha value is -2.89. The molecule has 0 radical (unpaired) electrons. The number of morpholine rings is 1. The zero-order valence-corrected chi connectivity index (χ0v) is 20.9. The molecule has 1 saturated heterocycles. The van der Waals surface area contributed by atoms with Gasteiger partial charge in [0.25, 0.3) is 5.91 Å². The van der Waals surface area contributed by atoms with Crippen LogP contribution in [0.15, 0.2) is 5.10 Å². The van der Waals surface area contributed by atoms with E-state index in [9.17, 15) is 19.2 Å². The van der Waals surface area contributed by atoms with Gasteiger partial charge in [0.05, 0.1) is 25.7 Å². The summed E-state index contributed by atoms with van der Waals surface area (Å²) in [5.41, 5.74) is 6.30. The van der Waals surface area contributed by atoms with Crippen molar-refractivity contribution in [1.82, 2.24) is 15.6 Å². The smallest absolute Gasteiger partial charge is 0.408 e. The summed E-state index contributed by atoms with van der Waals surface area (Å²) in [5, 5.41) is 6.17. The lowest BCUT2D eigenvalue weighted by Gasteiger charge is -2.32. The molecule has 0 bridgehead atoms. The largest absolute Gasteiger partial charge is 0.460 e. The molecule has 198 valence electrons. The normalized spacial score (nSPS) is 19.0. The van der Waals surface area contributed by atoms with Gasteiger partial charge in [-0.3, -0.25) is 9.59 Å². The van der Waals surface area contributed by atoms with Gasteiger partial charge in [0.2, 0.25) is 0 Å². The Balaban J connectivity index is 2.07. The van der Waals surface area contributed by atoms with Crippen LogP contribution in [0.2, 0.25) is 0 Å². The quantitative estimate of drug-likeness (QED) is 0.248. The Bertz CT molecular complexity index is 756. The monoisotopic (exact) mass is 497 g/mol. The van der Waals surface area contributed by atoms with Crippen molar-refractivity contribution in [2.45, 2.75) is 83.5 Å². The SMILES string of the molecule is CC(C)(C)OC(=O)C[C@@H](/C=N/NC(N)=O)NC(=O)O[C@@H](CC1CCCCC1)C(=O)N1CCOCC1. The molecule has 2 aliphatic rings. The van der Waals surface area contributed by atoms with Crippen LogP contribution in [0.5, 0.6) is 0 Å². The molecule has 0 aromatic heterocycles. The zero-order chi connectivity index (χ0) is 25.8. The Morgan fingerprint density at radius 2 is 1.80 bits per heavy atom. The van der Waals surface area contributed by atoms with Crippen molar-refractivity contribution in [3.05, 3.63) is 0 Å². The van der Waals surface area contributed by atoms with E-state index in [1.54, 1.807) is 25.7 Å². The number of hydrogen-bond acceptors (Lipinski definition) is 8. The van der Waals surface area contributed by atoms with E-state index in [1.807, 2.05) is 5.43 Å². The fourth-order valence-electron chi connectivity index (χ4n) is 4.12. The number of rotatable bonds is 9. The van der Waals surface area contributed by atoms with Crippen molar-refractivity contribution in [2.75, 3.05) is 26.3 Å². The third-order valence-electron chi connectivity index (χ3n) is 5.66. The van der Waals surface area contributed by atoms with Crippen LogP contribution in [-0.2, 0) is 23.8 Å². The van der Waals surface area contributed by atoms with Crippen molar-refractivity contribution < 1.29 is 33.4 Å². The van der Waals surface area contributed by atoms with Gasteiger partial charge in [-0.25, -0.2) is 15.0 Å². The fraction of sp³-hybridized carbons (Fsp3) is 0.783. The molecule has 4 N–H and O–H groups in total. The fourth-order valence-corrected chi connectivity index (χ4v) is 4.12. The molecule has 1 saturated carbocycles. The number of nitrogens with one attached hydrogen (secondary N) is 2. The third kappa shape index (κ3) is 11.4. The number of urea groups is 1. The van der Waals surface area contributed by atoms with E-state index in [2.05, 4.69) is 10.4 Å². The number of esters is 1. The van der Waals surface area contributed by atoms with Gasteiger partial charge >= 0.3 is 18.1 Å². The molecule has 4 amide bonds. The third-order valence-corrected chi connectivity index (χ3v) is 5.66. The molecule has 2 atom stereocenters. The first kappa shape index (κ1) is 28.3. The minimum Gasteiger partial charge on any atom is -0.460 e. The lowest BCUT2D eigenvalue weighted by atomic mass is 9.85. The van der Waals surface area contributed by atoms with Crippen molar-refractivity contribution in [3.63, 3.8) is 0 Å². The van der Waals surface area contributed by atoms with E-state index < -0.39 is 35.8 Å². The number of alkyl carbamates (subject to hydrolysis) is 1. The summed E-state index contributed by atoms with van der Waals surface area (Å²) in [4.78, 5) is 50.8. The second-order valence-electron chi connectivity index (χ2n) is 9.87. The Morgan fingerprint density at radius 1 is 1.14 bits per heavy atom. The van der Waals surface area contributed by atoms with Gasteiger partial charge in [0.1, 0.15) is 5.60 Å². The number of nitrogens with zero attached hydrogens (tertiary/aromatic N) is 2. The van der Waals surface area contributed by atoms with Gasteiger partial charge in [-0.05, 0) is 33.1 Å². The molecule has 35 heavy (non-hydrogen) atoms. The summed E-state index contributed by atoms with van der Waals surface area (Å²) < 4.78 is 16.2. The molecule has 2 rings (SSSR count). The summed E-state index contributed by atoms with van der Waals surface area (Å²) in [6, 6.07) is -1.86. The topological polar surface area (TPSA) is 162 Å². The van der Waals surface area contributed by atoms with E-state index in [0.29, 0.717) is 38.6 Å². The molecule has 0 aromatic carbocycles. The number of carbonyl (C=O) groups is 4. The highest BCUT2D eigenvalue weighted by Crippen LogP contribution is 2.28. The van der Waals surface area contributed by atoms with E-state index in [1.165, 1.54) is 6.42 Å². The number of hydrogen-bond donors (Lipinski definition) is 3. The van der Waals surface area contributed by atoms with Crippen LogP contribution in [0.3, 0.4) is 0 Å². The van der Waals surface area contributed by atoms with Crippen molar-refractivity contribution in [2.24, 2.45) is 16.8 Å². The summed E-state index contributed by atoms with van der Waals surface area (Å²) in [5.74, 6) is -0.538. The molecule has 0 spiro atoms. The maximum absolute atomic E-state index is 13.2. The second kappa shape index (κ2) is 13.9. The number of ether oxygens (including phenoxy) is 3. The summed E-state index contributed by atoms with van der Waals surface area (Å²) >= 11 is 0. The Morgan fingerprint density at radius 3 is 2.40 bits per heavy atom. The van der Waals surface area contributed by atoms with Gasteiger partial charge in [-0.1, -0.05) is 32.1 Å². The van der Waals surface area contributed by atoms with Crippen molar-refractivity contribution in [3.8, 4) is 0 Å². The van der Waals surface area contributed by atoms with Crippen LogP contribution in [-0.4, -0.2) is 79.2 Å². The van der Waals surface area contributed by atoms with E-state index in [0.717, 1.165) is 31.9 Å². The molecular formula is C23H39N5O7. The van der Waals surface area contributed by atoms with Crippen LogP contribution >= 0.6 is 0 Å². The molecular weight excluding hydrogens is 458 g/mol. The summed E-state index contributed by atoms with van der Waals surface area (Å²) in [6.45, 7) is 6.92. The highest BCUT2D eigenvalue weighted by atomic mass is 16.6. The minimum absolute atomic E-state index is 0.248. The first-order valence-electron chi connectivity index (χ1n) is 12.2. The number of nitrogens with two attached hydrogens (primary N) is 1. The molecule has 12 nitrogen and oxygen atoms in total. The standard InChI is InChI=1S/C23H39N5O7/c1-23(2,3)35-19(29)14-17(15-25-27-21(24)31)26-22(32)34-18(13-16-7-5-4-6-8-16)20(30)28-9-11-33-12-10-28/h15-18H,4-14H2,1-3H3,(H,26,32)(H3,24,27,31)/b25-15+/t17-,18-/m0/s1. The molecule has 0 aromatic rings. The predicted octanol–water partition coefficient (Wildman–Crippen LogP) is 1.66. The number of carbonyl (C=O) groups excluding carboxylic acids is 4. The number of primary amides is 1. The summed E-state index contributed by atoms with van der Waals surface area (Å²) in [6.07, 6.45) is 4.85. The average Bonchev–Trinajstić information content (AvgIpc) is 2.77. The maximum Gasteiger partial charge on any atom is 0.408 e. The van der Waals surface area contributed by atoms with E-state index >= 15 is 0 Å². The molecule has 1 aliphatic carbocycles. The molecule has 2 fully saturated rings. The number of hydrazone groups is 1. The highest BCUT2D eigenvalue weighted by molar-refractivity contribution is 5.85. The Labute approximate surface area is 206 Å². The van der Waals surface area contributed by atoms with Crippen molar-refractivity contribution >= 4 is 30.2 Å². The van der Waals surface area contributed by atoms with Gasteiger partial charge in [-0.2, -0.15) is 5.10 Å². The summed E-state index contributed by atoms with van der Waals surface area (Å²) in [7, 11) is 0. The van der Waals surface area contributed by atoms with E-state index in [-0.39, 0.29) is 12.3 Å². The number of amides is 4. The second-order valence-corrected chi connectivity index (χ2v) is 9.87. The Kier molecular flexibility index (Phi) is 11.2. The van der Waals surface area contributed by atoms with Gasteiger partial charge < -0.3 is 30.2 Å². The lowest BCUT2D eigenvalue weighted by molar-refractivity contribution is -0.155. The predicted molar refractivity (Wildman–Crippen MR) is 127 cm³/mol. The average molecular weight is 498 g/mol. The minimum atomic E-state index is -0.960.